The molecule has 0 radical (unpaired) electrons. The highest BCUT2D eigenvalue weighted by Gasteiger charge is 2.21. The lowest BCUT2D eigenvalue weighted by molar-refractivity contribution is 0.0949. The molecule has 1 amide bonds. The van der Waals surface area contributed by atoms with Crippen molar-refractivity contribution in [3.05, 3.63) is 95.7 Å². The number of benzene rings is 3. The van der Waals surface area contributed by atoms with Crippen LogP contribution >= 0.6 is 0 Å². The molecule has 146 valence electrons. The van der Waals surface area contributed by atoms with Gasteiger partial charge in [0.2, 0.25) is 0 Å². The molecule has 1 unspecified atom stereocenters. The first-order valence-corrected chi connectivity index (χ1v) is 9.44. The van der Waals surface area contributed by atoms with E-state index in [1.54, 1.807) is 18.2 Å². The van der Waals surface area contributed by atoms with Crippen molar-refractivity contribution in [3.63, 3.8) is 0 Å². The van der Waals surface area contributed by atoms with Crippen molar-refractivity contribution in [1.29, 1.82) is 0 Å². The van der Waals surface area contributed by atoms with Crippen LogP contribution in [0.15, 0.2) is 79.0 Å². The number of carbonyl (C=O) groups excluding carboxylic acids is 1. The van der Waals surface area contributed by atoms with Crippen molar-refractivity contribution in [3.8, 4) is 11.5 Å². The maximum absolute atomic E-state index is 12.8. The Morgan fingerprint density at radius 2 is 1.79 bits per heavy atom. The molecule has 4 rings (SSSR count). The Kier molecular flexibility index (Phi) is 5.20. The molecule has 3 N–H and O–H groups in total. The van der Waals surface area contributed by atoms with E-state index in [1.165, 1.54) is 7.11 Å². The Balaban J connectivity index is 1.64. The van der Waals surface area contributed by atoms with Gasteiger partial charge in [0.25, 0.3) is 5.91 Å². The van der Waals surface area contributed by atoms with Crippen LogP contribution in [0.1, 0.15) is 27.4 Å². The number of para-hydroxylation sites is 2. The van der Waals surface area contributed by atoms with E-state index in [2.05, 4.69) is 28.5 Å². The lowest BCUT2D eigenvalue weighted by atomic mass is 9.91. The third kappa shape index (κ3) is 3.67. The maximum atomic E-state index is 12.8. The summed E-state index contributed by atoms with van der Waals surface area (Å²) in [4.78, 5) is 16.1. The molecule has 29 heavy (non-hydrogen) atoms. The molecular weight excluding hydrogens is 364 g/mol. The van der Waals surface area contributed by atoms with Gasteiger partial charge in [0, 0.05) is 29.6 Å². The summed E-state index contributed by atoms with van der Waals surface area (Å²) >= 11 is 0. The topological polar surface area (TPSA) is 74.3 Å². The summed E-state index contributed by atoms with van der Waals surface area (Å²) in [5.74, 6) is -0.268. The molecule has 0 aliphatic rings. The number of fused-ring (bicyclic) bond motifs is 1. The highest BCUT2D eigenvalue weighted by atomic mass is 16.5. The fourth-order valence-electron chi connectivity index (χ4n) is 3.64. The zero-order chi connectivity index (χ0) is 20.2. The summed E-state index contributed by atoms with van der Waals surface area (Å²) in [6, 6.07) is 23.1. The largest absolute Gasteiger partial charge is 0.504 e. The van der Waals surface area contributed by atoms with Crippen LogP contribution in [-0.4, -0.2) is 29.7 Å². The van der Waals surface area contributed by atoms with Gasteiger partial charge in [-0.25, -0.2) is 0 Å². The molecule has 1 heterocycles. The summed E-state index contributed by atoms with van der Waals surface area (Å²) in [7, 11) is 1.46. The van der Waals surface area contributed by atoms with Gasteiger partial charge in [0.1, 0.15) is 0 Å². The van der Waals surface area contributed by atoms with E-state index in [0.29, 0.717) is 6.54 Å². The monoisotopic (exact) mass is 386 g/mol. The van der Waals surface area contributed by atoms with Gasteiger partial charge in [0.05, 0.1) is 12.7 Å². The van der Waals surface area contributed by atoms with Gasteiger partial charge in [-0.15, -0.1) is 0 Å². The van der Waals surface area contributed by atoms with Crippen LogP contribution in [0.3, 0.4) is 0 Å². The molecule has 3 aromatic carbocycles. The lowest BCUT2D eigenvalue weighted by Crippen LogP contribution is -2.29. The van der Waals surface area contributed by atoms with Crippen LogP contribution in [0.4, 0.5) is 0 Å². The molecule has 1 atom stereocenters. The highest BCUT2D eigenvalue weighted by molar-refractivity contribution is 5.97. The summed E-state index contributed by atoms with van der Waals surface area (Å²) in [6.45, 7) is 0.390. The molecule has 0 bridgehead atoms. The predicted molar refractivity (Wildman–Crippen MR) is 114 cm³/mol. The molecule has 4 aromatic rings. The summed E-state index contributed by atoms with van der Waals surface area (Å²) < 4.78 is 5.10. The van der Waals surface area contributed by atoms with Crippen LogP contribution in [0.2, 0.25) is 0 Å². The van der Waals surface area contributed by atoms with Crippen LogP contribution in [0.5, 0.6) is 11.5 Å². The first kappa shape index (κ1) is 18.6. The van der Waals surface area contributed by atoms with Crippen LogP contribution in [-0.2, 0) is 0 Å². The average molecular weight is 386 g/mol. The van der Waals surface area contributed by atoms with E-state index in [4.69, 9.17) is 4.74 Å². The van der Waals surface area contributed by atoms with Gasteiger partial charge >= 0.3 is 0 Å². The fraction of sp³-hybridized carbons (Fsp3) is 0.125. The number of hydrogen-bond donors (Lipinski definition) is 3. The molecular formula is C24H22N2O3. The molecule has 5 heteroatoms. The number of rotatable bonds is 6. The Bertz CT molecular complexity index is 1140. The average Bonchev–Trinajstić information content (AvgIpc) is 3.19. The smallest absolute Gasteiger partial charge is 0.255 e. The molecule has 0 saturated carbocycles. The third-order valence-corrected chi connectivity index (χ3v) is 5.13. The molecule has 0 aliphatic carbocycles. The van der Waals surface area contributed by atoms with E-state index in [0.717, 1.165) is 22.0 Å². The second-order valence-corrected chi connectivity index (χ2v) is 6.82. The summed E-state index contributed by atoms with van der Waals surface area (Å²) in [6.07, 6.45) is 2.00. The van der Waals surface area contributed by atoms with Crippen molar-refractivity contribution in [2.75, 3.05) is 13.7 Å². The number of aromatic hydroxyl groups is 1. The Hall–Kier alpha value is -3.73. The number of phenols is 1. The molecule has 5 nitrogen and oxygen atoms in total. The number of amides is 1. The number of nitrogens with one attached hydrogen (secondary N) is 2. The van der Waals surface area contributed by atoms with Crippen molar-refractivity contribution in [2.24, 2.45) is 0 Å². The van der Waals surface area contributed by atoms with Gasteiger partial charge < -0.3 is 20.1 Å². The Morgan fingerprint density at radius 1 is 1.03 bits per heavy atom. The number of carbonyl (C=O) groups is 1. The van der Waals surface area contributed by atoms with Gasteiger partial charge in [-0.05, 0) is 29.3 Å². The van der Waals surface area contributed by atoms with Crippen LogP contribution in [0, 0.1) is 0 Å². The van der Waals surface area contributed by atoms with Gasteiger partial charge in [-0.1, -0.05) is 54.6 Å². The molecule has 0 aliphatic heterocycles. The number of hydrogen-bond acceptors (Lipinski definition) is 3. The highest BCUT2D eigenvalue weighted by Crippen LogP contribution is 2.32. The Morgan fingerprint density at radius 3 is 2.59 bits per heavy atom. The van der Waals surface area contributed by atoms with E-state index in [1.807, 2.05) is 42.6 Å². The fourth-order valence-corrected chi connectivity index (χ4v) is 3.64. The maximum Gasteiger partial charge on any atom is 0.255 e. The number of aromatic nitrogens is 1. The Labute approximate surface area is 169 Å². The number of aromatic amines is 1. The quantitative estimate of drug-likeness (QED) is 0.458. The van der Waals surface area contributed by atoms with Crippen molar-refractivity contribution in [1.82, 2.24) is 10.3 Å². The minimum Gasteiger partial charge on any atom is -0.504 e. The predicted octanol–water partition coefficient (Wildman–Crippen LogP) is 4.44. The lowest BCUT2D eigenvalue weighted by Gasteiger charge is -2.18. The zero-order valence-corrected chi connectivity index (χ0v) is 16.1. The second-order valence-electron chi connectivity index (χ2n) is 6.82. The zero-order valence-electron chi connectivity index (χ0n) is 16.1. The van der Waals surface area contributed by atoms with Gasteiger partial charge in [0.15, 0.2) is 11.5 Å². The first-order chi connectivity index (χ1) is 14.2. The van der Waals surface area contributed by atoms with Crippen molar-refractivity contribution < 1.29 is 14.6 Å². The molecule has 1 aromatic heterocycles. The second kappa shape index (κ2) is 8.10. The minimum atomic E-state index is -0.345. The SMILES string of the molecule is COc1cccc(C(=O)NCC(c2ccccc2)c2c[nH]c3ccccc23)c1O. The van der Waals surface area contributed by atoms with Crippen LogP contribution < -0.4 is 10.1 Å². The standard InChI is InChI=1S/C24H22N2O3/c1-29-22-13-7-11-18(23(22)27)24(28)26-14-19(16-8-3-2-4-9-16)20-15-25-21-12-6-5-10-17(20)21/h2-13,15,19,25,27H,14H2,1H3,(H,26,28). The number of methoxy groups -OCH3 is 1. The van der Waals surface area contributed by atoms with Gasteiger partial charge in [-0.3, -0.25) is 4.79 Å². The van der Waals surface area contributed by atoms with Crippen molar-refractivity contribution in [2.45, 2.75) is 5.92 Å². The molecule has 0 fully saturated rings. The summed E-state index contributed by atoms with van der Waals surface area (Å²) in [5.41, 5.74) is 3.46. The van der Waals surface area contributed by atoms with Crippen LogP contribution in [0.25, 0.3) is 10.9 Å². The third-order valence-electron chi connectivity index (χ3n) is 5.13. The van der Waals surface area contributed by atoms with E-state index >= 15 is 0 Å². The van der Waals surface area contributed by atoms with E-state index in [9.17, 15) is 9.90 Å². The van der Waals surface area contributed by atoms with E-state index in [-0.39, 0.29) is 28.9 Å². The number of H-pyrrole nitrogens is 1. The number of phenolic OH excluding ortho intramolecular Hbond substituents is 1. The minimum absolute atomic E-state index is 0.0379. The first-order valence-electron chi connectivity index (χ1n) is 9.44. The number of ether oxygens (including phenoxy) is 1. The summed E-state index contributed by atoms with van der Waals surface area (Å²) in [5, 5.41) is 14.4. The normalized spacial score (nSPS) is 11.9. The molecule has 0 saturated heterocycles. The molecule has 0 spiro atoms. The van der Waals surface area contributed by atoms with E-state index < -0.39 is 0 Å². The van der Waals surface area contributed by atoms with Gasteiger partial charge in [-0.2, -0.15) is 0 Å². The van der Waals surface area contributed by atoms with Crippen molar-refractivity contribution >= 4 is 16.8 Å².